The third kappa shape index (κ3) is 6.47. The lowest BCUT2D eigenvalue weighted by molar-refractivity contribution is -0.118. The maximum absolute atomic E-state index is 12.4. The molecule has 0 spiro atoms. The van der Waals surface area contributed by atoms with Crippen LogP contribution in [0.15, 0.2) is 58.3 Å². The molecule has 1 saturated carbocycles. The second kappa shape index (κ2) is 12.1. The highest BCUT2D eigenvalue weighted by atomic mass is 16.5. The first kappa shape index (κ1) is 27.7. The number of methoxy groups -OCH3 is 1. The molecule has 40 heavy (non-hydrogen) atoms. The van der Waals surface area contributed by atoms with Crippen LogP contribution in [0.4, 0.5) is 0 Å². The summed E-state index contributed by atoms with van der Waals surface area (Å²) in [5.41, 5.74) is 2.66. The molecule has 0 radical (unpaired) electrons. The van der Waals surface area contributed by atoms with Crippen LogP contribution < -0.4 is 25.5 Å². The van der Waals surface area contributed by atoms with Gasteiger partial charge in [-0.15, -0.1) is 0 Å². The van der Waals surface area contributed by atoms with E-state index in [2.05, 4.69) is 17.0 Å². The minimum Gasteiger partial charge on any atom is -0.493 e. The van der Waals surface area contributed by atoms with Crippen molar-refractivity contribution in [3.63, 3.8) is 0 Å². The van der Waals surface area contributed by atoms with Crippen LogP contribution in [-0.4, -0.2) is 46.7 Å². The number of carbonyl (C=O) groups excluding carboxylic acids is 1. The van der Waals surface area contributed by atoms with Gasteiger partial charge < -0.3 is 18.8 Å². The van der Waals surface area contributed by atoms with E-state index in [1.165, 1.54) is 35.2 Å². The molecule has 0 saturated heterocycles. The SMILES string of the molecule is COc1cc(CN(CC2CC2)C(CC(C)=O)c2ccc3c(c2)CCO3)ccc1OCCn1c(=O)ccn(C)c1=O. The molecule has 1 aliphatic heterocycles. The summed E-state index contributed by atoms with van der Waals surface area (Å²) < 4.78 is 19.8. The van der Waals surface area contributed by atoms with E-state index in [4.69, 9.17) is 14.2 Å². The van der Waals surface area contributed by atoms with Crippen LogP contribution in [0, 0.1) is 5.92 Å². The average molecular weight is 548 g/mol. The lowest BCUT2D eigenvalue weighted by atomic mass is 9.96. The first-order valence-electron chi connectivity index (χ1n) is 13.9. The summed E-state index contributed by atoms with van der Waals surface area (Å²) in [5.74, 6) is 2.87. The van der Waals surface area contributed by atoms with Gasteiger partial charge in [-0.3, -0.25) is 19.1 Å². The number of carbonyl (C=O) groups is 1. The molecular weight excluding hydrogens is 510 g/mol. The van der Waals surface area contributed by atoms with E-state index in [9.17, 15) is 14.4 Å². The van der Waals surface area contributed by atoms with Crippen LogP contribution in [0.3, 0.4) is 0 Å². The molecule has 0 N–H and O–H groups in total. The number of rotatable bonds is 13. The molecular formula is C31H37N3O6. The van der Waals surface area contributed by atoms with Gasteiger partial charge in [0, 0.05) is 51.3 Å². The van der Waals surface area contributed by atoms with Crippen molar-refractivity contribution in [2.75, 3.05) is 26.9 Å². The van der Waals surface area contributed by atoms with Crippen LogP contribution >= 0.6 is 0 Å². The number of benzene rings is 2. The molecule has 1 aromatic heterocycles. The monoisotopic (exact) mass is 547 g/mol. The number of hydrogen-bond acceptors (Lipinski definition) is 7. The maximum atomic E-state index is 12.4. The quantitative estimate of drug-likeness (QED) is 0.323. The molecule has 0 bridgehead atoms. The standard InChI is InChI=1S/C31H37N3O6/c1-21(35)16-26(24-7-9-27-25(18-24)11-14-39-27)33(19-22-4-5-22)20-23-6-8-28(29(17-23)38-3)40-15-13-34-30(36)10-12-32(2)31(34)37/h6-10,12,17-18,22,26H,4-5,11,13-16,19-20H2,1-3H3. The van der Waals surface area contributed by atoms with Crippen molar-refractivity contribution in [1.29, 1.82) is 0 Å². The fraction of sp³-hybridized carbons (Fsp3) is 0.452. The van der Waals surface area contributed by atoms with E-state index < -0.39 is 0 Å². The van der Waals surface area contributed by atoms with E-state index in [1.54, 1.807) is 21.1 Å². The van der Waals surface area contributed by atoms with E-state index in [0.717, 1.165) is 34.4 Å². The minimum absolute atomic E-state index is 0.0299. The zero-order valence-corrected chi connectivity index (χ0v) is 23.4. The van der Waals surface area contributed by atoms with Gasteiger partial charge in [0.1, 0.15) is 18.1 Å². The van der Waals surface area contributed by atoms with Crippen molar-refractivity contribution in [3.8, 4) is 17.2 Å². The van der Waals surface area contributed by atoms with Gasteiger partial charge in [0.05, 0.1) is 20.3 Å². The lowest BCUT2D eigenvalue weighted by Gasteiger charge is -2.32. The number of aryl methyl sites for hydroxylation is 1. The van der Waals surface area contributed by atoms with Crippen LogP contribution in [0.5, 0.6) is 17.2 Å². The average Bonchev–Trinajstić information content (AvgIpc) is 3.64. The first-order valence-corrected chi connectivity index (χ1v) is 13.9. The summed E-state index contributed by atoms with van der Waals surface area (Å²) in [6.07, 6.45) is 5.22. The Hall–Kier alpha value is -3.85. The van der Waals surface area contributed by atoms with E-state index >= 15 is 0 Å². The Morgan fingerprint density at radius 1 is 1.12 bits per heavy atom. The van der Waals surface area contributed by atoms with Gasteiger partial charge in [-0.1, -0.05) is 18.2 Å². The molecule has 9 heteroatoms. The molecule has 1 unspecified atom stereocenters. The molecule has 212 valence electrons. The Labute approximate surface area is 233 Å². The topological polar surface area (TPSA) is 92.0 Å². The van der Waals surface area contributed by atoms with Crippen molar-refractivity contribution >= 4 is 5.78 Å². The largest absolute Gasteiger partial charge is 0.493 e. The third-order valence-electron chi connectivity index (χ3n) is 7.64. The molecule has 1 fully saturated rings. The van der Waals surface area contributed by atoms with Gasteiger partial charge in [0.25, 0.3) is 5.56 Å². The second-order valence-electron chi connectivity index (χ2n) is 10.8. The molecule has 1 atom stereocenters. The number of ketones is 1. The van der Waals surface area contributed by atoms with E-state index in [0.29, 0.717) is 37.0 Å². The van der Waals surface area contributed by atoms with E-state index in [-0.39, 0.29) is 36.2 Å². The Morgan fingerprint density at radius 3 is 2.70 bits per heavy atom. The number of Topliss-reactive ketones (excluding diaryl/α,β-unsaturated/α-hetero) is 1. The van der Waals surface area contributed by atoms with Gasteiger partial charge in [0.15, 0.2) is 11.5 Å². The highest BCUT2D eigenvalue weighted by Gasteiger charge is 2.30. The molecule has 9 nitrogen and oxygen atoms in total. The summed E-state index contributed by atoms with van der Waals surface area (Å²) in [7, 11) is 3.20. The number of aromatic nitrogens is 2. The lowest BCUT2D eigenvalue weighted by Crippen LogP contribution is -2.39. The zero-order valence-electron chi connectivity index (χ0n) is 23.4. The van der Waals surface area contributed by atoms with Gasteiger partial charge in [-0.2, -0.15) is 0 Å². The summed E-state index contributed by atoms with van der Waals surface area (Å²) in [4.78, 5) is 39.2. The summed E-state index contributed by atoms with van der Waals surface area (Å²) in [5, 5.41) is 0. The van der Waals surface area contributed by atoms with Crippen LogP contribution in [0.25, 0.3) is 0 Å². The highest BCUT2D eigenvalue weighted by molar-refractivity contribution is 5.76. The Morgan fingerprint density at radius 2 is 1.95 bits per heavy atom. The van der Waals surface area contributed by atoms with Gasteiger partial charge in [0.2, 0.25) is 0 Å². The highest BCUT2D eigenvalue weighted by Crippen LogP contribution is 2.38. The number of hydrogen-bond donors (Lipinski definition) is 0. The number of ether oxygens (including phenoxy) is 3. The Kier molecular flexibility index (Phi) is 8.40. The van der Waals surface area contributed by atoms with Crippen LogP contribution in [0.2, 0.25) is 0 Å². The molecule has 2 heterocycles. The van der Waals surface area contributed by atoms with Crippen molar-refractivity contribution in [1.82, 2.24) is 14.0 Å². The van der Waals surface area contributed by atoms with Crippen molar-refractivity contribution < 1.29 is 19.0 Å². The minimum atomic E-state index is -0.384. The van der Waals surface area contributed by atoms with Crippen molar-refractivity contribution in [2.24, 2.45) is 13.0 Å². The van der Waals surface area contributed by atoms with Gasteiger partial charge in [-0.25, -0.2) is 4.79 Å². The smallest absolute Gasteiger partial charge is 0.330 e. The van der Waals surface area contributed by atoms with Crippen molar-refractivity contribution in [2.45, 2.75) is 51.7 Å². The number of fused-ring (bicyclic) bond motifs is 1. The summed E-state index contributed by atoms with van der Waals surface area (Å²) in [6, 6.07) is 13.5. The predicted octanol–water partition coefficient (Wildman–Crippen LogP) is 3.50. The molecule has 3 aromatic rings. The van der Waals surface area contributed by atoms with Gasteiger partial charge in [-0.05, 0) is 60.6 Å². The van der Waals surface area contributed by atoms with Gasteiger partial charge >= 0.3 is 5.69 Å². The second-order valence-corrected chi connectivity index (χ2v) is 10.8. The summed E-state index contributed by atoms with van der Waals surface area (Å²) in [6.45, 7) is 4.22. The molecule has 5 rings (SSSR count). The maximum Gasteiger partial charge on any atom is 0.330 e. The molecule has 0 amide bonds. The fourth-order valence-corrected chi connectivity index (χ4v) is 5.31. The number of nitrogens with zero attached hydrogens (tertiary/aromatic N) is 3. The van der Waals surface area contributed by atoms with E-state index in [1.807, 2.05) is 24.3 Å². The molecule has 2 aliphatic rings. The van der Waals surface area contributed by atoms with Crippen LogP contribution in [-0.2, 0) is 31.4 Å². The molecule has 2 aromatic carbocycles. The van der Waals surface area contributed by atoms with Crippen molar-refractivity contribution in [3.05, 3.63) is 86.2 Å². The van der Waals surface area contributed by atoms with Crippen LogP contribution in [0.1, 0.15) is 48.9 Å². The predicted molar refractivity (Wildman–Crippen MR) is 151 cm³/mol. The summed E-state index contributed by atoms with van der Waals surface area (Å²) >= 11 is 0. The molecule has 1 aliphatic carbocycles. The normalized spacial score (nSPS) is 15.0. The zero-order chi connectivity index (χ0) is 28.2. The third-order valence-corrected chi connectivity index (χ3v) is 7.64. The Bertz CT molecular complexity index is 1490. The first-order chi connectivity index (χ1) is 19.3. The fourth-order valence-electron chi connectivity index (χ4n) is 5.31. The Balaban J connectivity index is 1.34.